The number of nitrogens with zero attached hydrogens (tertiary/aromatic N) is 1. The average Bonchev–Trinajstić information content (AvgIpc) is 2.65. The van der Waals surface area contributed by atoms with E-state index in [2.05, 4.69) is 5.32 Å². The minimum absolute atomic E-state index is 0.0405. The van der Waals surface area contributed by atoms with Gasteiger partial charge in [0.2, 0.25) is 5.91 Å². The van der Waals surface area contributed by atoms with Gasteiger partial charge in [-0.1, -0.05) is 24.6 Å². The third-order valence-electron chi connectivity index (χ3n) is 4.28. The smallest absolute Gasteiger partial charge is 0.331 e. The first-order chi connectivity index (χ1) is 13.0. The van der Waals surface area contributed by atoms with Gasteiger partial charge in [0, 0.05) is 37.3 Å². The van der Waals surface area contributed by atoms with Crippen molar-refractivity contribution < 1.29 is 24.6 Å². The highest BCUT2D eigenvalue weighted by Gasteiger charge is 2.33. The highest BCUT2D eigenvalue weighted by molar-refractivity contribution is 5.99. The quantitative estimate of drug-likeness (QED) is 0.339. The van der Waals surface area contributed by atoms with Crippen molar-refractivity contribution in [1.82, 2.24) is 5.32 Å². The molecule has 2 atom stereocenters. The predicted octanol–water partition coefficient (Wildman–Crippen LogP) is 2.03. The lowest BCUT2D eigenvalue weighted by Crippen LogP contribution is -2.54. The van der Waals surface area contributed by atoms with Gasteiger partial charge in [0.05, 0.1) is 6.61 Å². The van der Waals surface area contributed by atoms with Gasteiger partial charge < -0.3 is 20.4 Å². The molecule has 2 unspecified atom stereocenters. The van der Waals surface area contributed by atoms with Crippen LogP contribution in [-0.4, -0.2) is 54.1 Å². The molecule has 0 aliphatic carbocycles. The number of aliphatic carboxylic acids is 1. The summed E-state index contributed by atoms with van der Waals surface area (Å²) < 4.78 is 0. The van der Waals surface area contributed by atoms with Crippen LogP contribution >= 0.6 is 0 Å². The SMILES string of the molecule is CC(C=CC(=O)NC(C)(CO)C(=O)O)=CC(C)C(=O)c1ccc(N(C)C)cc1. The van der Waals surface area contributed by atoms with Crippen LogP contribution in [0, 0.1) is 5.92 Å². The fourth-order valence-corrected chi connectivity index (χ4v) is 2.39. The molecule has 0 radical (unpaired) electrons. The summed E-state index contributed by atoms with van der Waals surface area (Å²) in [6.07, 6.45) is 4.40. The maximum atomic E-state index is 12.5. The molecule has 1 aromatic rings. The maximum Gasteiger partial charge on any atom is 0.331 e. The third-order valence-corrected chi connectivity index (χ3v) is 4.28. The van der Waals surface area contributed by atoms with E-state index in [-0.39, 0.29) is 11.7 Å². The van der Waals surface area contributed by atoms with Gasteiger partial charge in [-0.15, -0.1) is 0 Å². The number of carboxylic acid groups (broad SMARTS) is 1. The summed E-state index contributed by atoms with van der Waals surface area (Å²) >= 11 is 0. The minimum atomic E-state index is -1.75. The summed E-state index contributed by atoms with van der Waals surface area (Å²) in [5.41, 5.74) is 0.535. The molecule has 0 aliphatic heterocycles. The fraction of sp³-hybridized carbons (Fsp3) is 0.381. The number of Topliss-reactive ketones (excluding diaryl/α,β-unsaturated/α-hetero) is 1. The van der Waals surface area contributed by atoms with Crippen molar-refractivity contribution in [3.8, 4) is 0 Å². The van der Waals surface area contributed by atoms with Crippen LogP contribution in [-0.2, 0) is 9.59 Å². The van der Waals surface area contributed by atoms with E-state index in [9.17, 15) is 14.4 Å². The van der Waals surface area contributed by atoms with Crippen molar-refractivity contribution in [3.63, 3.8) is 0 Å². The zero-order valence-electron chi connectivity index (χ0n) is 16.9. The lowest BCUT2D eigenvalue weighted by molar-refractivity contribution is -0.148. The van der Waals surface area contributed by atoms with Gasteiger partial charge in [0.1, 0.15) is 0 Å². The number of allylic oxidation sites excluding steroid dienone is 3. The summed E-state index contributed by atoms with van der Waals surface area (Å²) in [5.74, 6) is -2.41. The lowest BCUT2D eigenvalue weighted by atomic mass is 9.97. The van der Waals surface area contributed by atoms with E-state index in [1.54, 1.807) is 32.1 Å². The molecule has 0 aromatic heterocycles. The summed E-state index contributed by atoms with van der Waals surface area (Å²) in [6.45, 7) is 4.00. The fourth-order valence-electron chi connectivity index (χ4n) is 2.39. The zero-order chi connectivity index (χ0) is 21.5. The predicted molar refractivity (Wildman–Crippen MR) is 108 cm³/mol. The topological polar surface area (TPSA) is 107 Å². The molecule has 0 spiro atoms. The van der Waals surface area contributed by atoms with Crippen molar-refractivity contribution in [3.05, 3.63) is 53.6 Å². The lowest BCUT2D eigenvalue weighted by Gasteiger charge is -2.22. The number of ketones is 1. The molecule has 3 N–H and O–H groups in total. The first-order valence-electron chi connectivity index (χ1n) is 8.84. The summed E-state index contributed by atoms with van der Waals surface area (Å²) in [5, 5.41) is 20.4. The molecule has 0 saturated carbocycles. The van der Waals surface area contributed by atoms with Crippen molar-refractivity contribution in [2.45, 2.75) is 26.3 Å². The maximum absolute atomic E-state index is 12.5. The van der Waals surface area contributed by atoms with Crippen molar-refractivity contribution in [2.24, 2.45) is 5.92 Å². The highest BCUT2D eigenvalue weighted by atomic mass is 16.4. The van der Waals surface area contributed by atoms with E-state index in [1.807, 2.05) is 31.1 Å². The molecule has 0 aliphatic rings. The van der Waals surface area contributed by atoms with Gasteiger partial charge in [0.15, 0.2) is 11.3 Å². The molecule has 1 rings (SSSR count). The van der Waals surface area contributed by atoms with E-state index in [0.29, 0.717) is 11.1 Å². The Kier molecular flexibility index (Phi) is 8.13. The number of hydrogen-bond acceptors (Lipinski definition) is 5. The zero-order valence-corrected chi connectivity index (χ0v) is 16.9. The van der Waals surface area contributed by atoms with Crippen LogP contribution in [0.15, 0.2) is 48.1 Å². The minimum Gasteiger partial charge on any atom is -0.479 e. The normalized spacial score (nSPS) is 15.0. The van der Waals surface area contributed by atoms with Crippen LogP contribution in [0.25, 0.3) is 0 Å². The number of anilines is 1. The number of rotatable bonds is 9. The van der Waals surface area contributed by atoms with Gasteiger partial charge in [-0.05, 0) is 38.1 Å². The Morgan fingerprint density at radius 1 is 1.18 bits per heavy atom. The van der Waals surface area contributed by atoms with Crippen LogP contribution in [0.5, 0.6) is 0 Å². The Labute approximate surface area is 165 Å². The molecule has 0 bridgehead atoms. The van der Waals surface area contributed by atoms with Gasteiger partial charge in [-0.2, -0.15) is 0 Å². The summed E-state index contributed by atoms with van der Waals surface area (Å²) in [4.78, 5) is 37.5. The Balaban J connectivity index is 2.78. The van der Waals surface area contributed by atoms with Gasteiger partial charge in [-0.3, -0.25) is 9.59 Å². The highest BCUT2D eigenvalue weighted by Crippen LogP contribution is 2.17. The first-order valence-corrected chi connectivity index (χ1v) is 8.84. The number of nitrogens with one attached hydrogen (secondary N) is 1. The Morgan fingerprint density at radius 2 is 1.75 bits per heavy atom. The van der Waals surface area contributed by atoms with E-state index in [4.69, 9.17) is 10.2 Å². The van der Waals surface area contributed by atoms with Crippen molar-refractivity contribution in [1.29, 1.82) is 0 Å². The Morgan fingerprint density at radius 3 is 2.21 bits per heavy atom. The number of aliphatic hydroxyl groups excluding tert-OH is 1. The molecular formula is C21H28N2O5. The van der Waals surface area contributed by atoms with Crippen LogP contribution in [0.2, 0.25) is 0 Å². The number of carbonyl (C=O) groups excluding carboxylic acids is 2. The van der Waals surface area contributed by atoms with Gasteiger partial charge in [0.25, 0.3) is 0 Å². The Bertz CT molecular complexity index is 780. The Hall–Kier alpha value is -2.93. The molecule has 7 nitrogen and oxygen atoms in total. The third kappa shape index (κ3) is 6.35. The van der Waals surface area contributed by atoms with Crippen LogP contribution in [0.1, 0.15) is 31.1 Å². The van der Waals surface area contributed by atoms with Gasteiger partial charge in [-0.25, -0.2) is 4.79 Å². The molecule has 1 aromatic carbocycles. The van der Waals surface area contributed by atoms with Crippen molar-refractivity contribution >= 4 is 23.3 Å². The molecule has 152 valence electrons. The molecule has 0 fully saturated rings. The van der Waals surface area contributed by atoms with Crippen LogP contribution in [0.3, 0.4) is 0 Å². The molecule has 28 heavy (non-hydrogen) atoms. The second-order valence-electron chi connectivity index (χ2n) is 7.12. The van der Waals surface area contributed by atoms with Crippen LogP contribution in [0.4, 0.5) is 5.69 Å². The second kappa shape index (κ2) is 9.85. The average molecular weight is 388 g/mol. The number of carbonyl (C=O) groups is 3. The number of amides is 1. The molecule has 0 heterocycles. The molecule has 7 heteroatoms. The summed E-state index contributed by atoms with van der Waals surface area (Å²) in [6, 6.07) is 7.31. The monoisotopic (exact) mass is 388 g/mol. The second-order valence-corrected chi connectivity index (χ2v) is 7.12. The van der Waals surface area contributed by atoms with E-state index in [1.165, 1.54) is 19.1 Å². The number of carboxylic acids is 1. The number of benzene rings is 1. The van der Waals surface area contributed by atoms with E-state index in [0.717, 1.165) is 5.69 Å². The molecule has 0 saturated heterocycles. The number of hydrogen-bond donors (Lipinski definition) is 3. The first kappa shape index (κ1) is 23.1. The largest absolute Gasteiger partial charge is 0.479 e. The standard InChI is InChI=1S/C21H28N2O5/c1-14(6-11-18(25)22-21(3,13-24)20(27)28)12-15(2)19(26)16-7-9-17(10-8-16)23(4)5/h6-12,15,24H,13H2,1-5H3,(H,22,25)(H,27,28). The van der Waals surface area contributed by atoms with E-state index >= 15 is 0 Å². The summed E-state index contributed by atoms with van der Waals surface area (Å²) in [7, 11) is 3.85. The van der Waals surface area contributed by atoms with E-state index < -0.39 is 24.0 Å². The van der Waals surface area contributed by atoms with Crippen molar-refractivity contribution in [2.75, 3.05) is 25.6 Å². The van der Waals surface area contributed by atoms with Gasteiger partial charge >= 0.3 is 5.97 Å². The number of aliphatic hydroxyl groups is 1. The molecule has 1 amide bonds. The molecular weight excluding hydrogens is 360 g/mol. The van der Waals surface area contributed by atoms with Crippen LogP contribution < -0.4 is 10.2 Å².